The molecule has 0 amide bonds. The van der Waals surface area contributed by atoms with Crippen molar-refractivity contribution in [2.45, 2.75) is 25.8 Å². The molecule has 0 saturated heterocycles. The molecule has 4 heteroatoms. The highest BCUT2D eigenvalue weighted by Gasteiger charge is 2.12. The van der Waals surface area contributed by atoms with E-state index in [0.29, 0.717) is 6.61 Å². The zero-order chi connectivity index (χ0) is 25.5. The molecule has 1 heterocycles. The maximum Gasteiger partial charge on any atom is 0.161 e. The summed E-state index contributed by atoms with van der Waals surface area (Å²) in [6.07, 6.45) is 4.34. The minimum atomic E-state index is 0.592. The Morgan fingerprint density at radius 2 is 1.54 bits per heavy atom. The molecule has 186 valence electrons. The van der Waals surface area contributed by atoms with Gasteiger partial charge in [0.05, 0.1) is 24.8 Å². The van der Waals surface area contributed by atoms with Gasteiger partial charge in [0.15, 0.2) is 11.5 Å². The molecule has 5 rings (SSSR count). The normalized spacial score (nSPS) is 10.9. The molecule has 0 atom stereocenters. The van der Waals surface area contributed by atoms with Crippen molar-refractivity contribution < 1.29 is 9.47 Å². The Morgan fingerprint density at radius 3 is 2.32 bits per heavy atom. The van der Waals surface area contributed by atoms with Crippen LogP contribution in [0.4, 0.5) is 0 Å². The van der Waals surface area contributed by atoms with Gasteiger partial charge in [0.25, 0.3) is 0 Å². The van der Waals surface area contributed by atoms with E-state index in [0.717, 1.165) is 59.7 Å². The number of rotatable bonds is 11. The fourth-order valence-electron chi connectivity index (χ4n) is 4.67. The maximum atomic E-state index is 6.10. The van der Waals surface area contributed by atoms with Gasteiger partial charge in [0.1, 0.15) is 5.82 Å². The molecule has 0 radical (unpaired) electrons. The molecular weight excluding hydrogens is 456 g/mol. The SMILES string of the molecule is C=CCc1ccc(OCCCn2c(Cc3ccc(-c4ccccc4)cc3)nc3ccccc32)c(OC)c1. The number of ether oxygens (including phenoxy) is 2. The highest BCUT2D eigenvalue weighted by atomic mass is 16.5. The van der Waals surface area contributed by atoms with E-state index in [1.54, 1.807) is 7.11 Å². The summed E-state index contributed by atoms with van der Waals surface area (Å²) in [5.74, 6) is 2.59. The molecule has 4 aromatic carbocycles. The van der Waals surface area contributed by atoms with Crippen LogP contribution in [-0.4, -0.2) is 23.3 Å². The fourth-order valence-corrected chi connectivity index (χ4v) is 4.67. The van der Waals surface area contributed by atoms with Crippen molar-refractivity contribution in [1.82, 2.24) is 9.55 Å². The van der Waals surface area contributed by atoms with Gasteiger partial charge in [-0.25, -0.2) is 4.98 Å². The monoisotopic (exact) mass is 488 g/mol. The van der Waals surface area contributed by atoms with Crippen LogP contribution in [0.2, 0.25) is 0 Å². The molecular formula is C33H32N2O2. The minimum Gasteiger partial charge on any atom is -0.493 e. The second kappa shape index (κ2) is 11.6. The van der Waals surface area contributed by atoms with E-state index < -0.39 is 0 Å². The Labute approximate surface area is 218 Å². The molecule has 1 aromatic heterocycles. The zero-order valence-electron chi connectivity index (χ0n) is 21.3. The average Bonchev–Trinajstić information content (AvgIpc) is 3.29. The van der Waals surface area contributed by atoms with Gasteiger partial charge in [-0.05, 0) is 59.4 Å². The summed E-state index contributed by atoms with van der Waals surface area (Å²) in [6.45, 7) is 5.23. The third-order valence-electron chi connectivity index (χ3n) is 6.55. The Balaban J connectivity index is 1.28. The first-order valence-corrected chi connectivity index (χ1v) is 12.7. The van der Waals surface area contributed by atoms with Crippen LogP contribution in [0.1, 0.15) is 23.4 Å². The van der Waals surface area contributed by atoms with Crippen LogP contribution < -0.4 is 9.47 Å². The molecule has 0 aliphatic carbocycles. The quantitative estimate of drug-likeness (QED) is 0.143. The smallest absolute Gasteiger partial charge is 0.161 e. The van der Waals surface area contributed by atoms with Gasteiger partial charge in [0, 0.05) is 13.0 Å². The topological polar surface area (TPSA) is 36.3 Å². The van der Waals surface area contributed by atoms with Crippen LogP contribution in [0.3, 0.4) is 0 Å². The van der Waals surface area contributed by atoms with Gasteiger partial charge in [-0.1, -0.05) is 78.9 Å². The van der Waals surface area contributed by atoms with Gasteiger partial charge in [-0.15, -0.1) is 6.58 Å². The molecule has 0 aliphatic rings. The summed E-state index contributed by atoms with van der Waals surface area (Å²) in [4.78, 5) is 4.97. The lowest BCUT2D eigenvalue weighted by Gasteiger charge is -2.13. The average molecular weight is 489 g/mol. The van der Waals surface area contributed by atoms with Crippen molar-refractivity contribution in [2.75, 3.05) is 13.7 Å². The highest BCUT2D eigenvalue weighted by Crippen LogP contribution is 2.29. The first kappa shape index (κ1) is 24.4. The number of para-hydroxylation sites is 2. The molecule has 0 fully saturated rings. The van der Waals surface area contributed by atoms with Crippen LogP contribution in [-0.2, 0) is 19.4 Å². The second-order valence-corrected chi connectivity index (χ2v) is 9.09. The third-order valence-corrected chi connectivity index (χ3v) is 6.55. The van der Waals surface area contributed by atoms with Crippen molar-refractivity contribution in [3.63, 3.8) is 0 Å². The summed E-state index contributed by atoms with van der Waals surface area (Å²) < 4.78 is 14.0. The van der Waals surface area contributed by atoms with E-state index in [2.05, 4.69) is 83.9 Å². The first-order valence-electron chi connectivity index (χ1n) is 12.7. The summed E-state index contributed by atoms with van der Waals surface area (Å²) in [5.41, 5.74) is 7.04. The Morgan fingerprint density at radius 1 is 0.811 bits per heavy atom. The summed E-state index contributed by atoms with van der Waals surface area (Å²) in [6, 6.07) is 33.7. The van der Waals surface area contributed by atoms with Crippen LogP contribution >= 0.6 is 0 Å². The van der Waals surface area contributed by atoms with Crippen molar-refractivity contribution in [3.05, 3.63) is 127 Å². The number of aryl methyl sites for hydroxylation is 1. The van der Waals surface area contributed by atoms with Crippen molar-refractivity contribution >= 4 is 11.0 Å². The lowest BCUT2D eigenvalue weighted by molar-refractivity contribution is 0.282. The second-order valence-electron chi connectivity index (χ2n) is 9.09. The Bertz CT molecular complexity index is 1470. The number of hydrogen-bond donors (Lipinski definition) is 0. The Kier molecular flexibility index (Phi) is 7.66. The summed E-state index contributed by atoms with van der Waals surface area (Å²) >= 11 is 0. The predicted molar refractivity (Wildman–Crippen MR) is 151 cm³/mol. The lowest BCUT2D eigenvalue weighted by atomic mass is 10.0. The molecule has 0 saturated carbocycles. The van der Waals surface area contributed by atoms with Crippen LogP contribution in [0.15, 0.2) is 110 Å². The number of imidazole rings is 1. The summed E-state index contributed by atoms with van der Waals surface area (Å²) in [7, 11) is 1.68. The third kappa shape index (κ3) is 5.75. The van der Waals surface area contributed by atoms with Gasteiger partial charge in [-0.3, -0.25) is 0 Å². The number of benzene rings is 4. The largest absolute Gasteiger partial charge is 0.493 e. The molecule has 0 aliphatic heterocycles. The predicted octanol–water partition coefficient (Wildman–Crippen LogP) is 7.50. The van der Waals surface area contributed by atoms with Crippen molar-refractivity contribution in [3.8, 4) is 22.6 Å². The summed E-state index contributed by atoms with van der Waals surface area (Å²) in [5, 5.41) is 0. The van der Waals surface area contributed by atoms with Crippen LogP contribution in [0, 0.1) is 0 Å². The molecule has 5 aromatic rings. The van der Waals surface area contributed by atoms with Crippen molar-refractivity contribution in [2.24, 2.45) is 0 Å². The lowest BCUT2D eigenvalue weighted by Crippen LogP contribution is -2.09. The van der Waals surface area contributed by atoms with E-state index in [9.17, 15) is 0 Å². The van der Waals surface area contributed by atoms with Crippen molar-refractivity contribution in [1.29, 1.82) is 0 Å². The maximum absolute atomic E-state index is 6.10. The number of methoxy groups -OCH3 is 1. The zero-order valence-corrected chi connectivity index (χ0v) is 21.3. The van der Waals surface area contributed by atoms with Gasteiger partial charge in [-0.2, -0.15) is 0 Å². The van der Waals surface area contributed by atoms with E-state index >= 15 is 0 Å². The Hall–Kier alpha value is -4.31. The number of fused-ring (bicyclic) bond motifs is 1. The van der Waals surface area contributed by atoms with Crippen LogP contribution in [0.25, 0.3) is 22.2 Å². The molecule has 37 heavy (non-hydrogen) atoms. The van der Waals surface area contributed by atoms with Gasteiger partial charge in [0.2, 0.25) is 0 Å². The number of hydrogen-bond acceptors (Lipinski definition) is 3. The first-order chi connectivity index (χ1) is 18.2. The molecule has 0 bridgehead atoms. The highest BCUT2D eigenvalue weighted by molar-refractivity contribution is 5.76. The number of allylic oxidation sites excluding steroid dienone is 1. The van der Waals surface area contributed by atoms with E-state index in [4.69, 9.17) is 14.5 Å². The molecule has 4 nitrogen and oxygen atoms in total. The van der Waals surface area contributed by atoms with Crippen LogP contribution in [0.5, 0.6) is 11.5 Å². The van der Waals surface area contributed by atoms with E-state index in [-0.39, 0.29) is 0 Å². The minimum absolute atomic E-state index is 0.592. The van der Waals surface area contributed by atoms with E-state index in [1.165, 1.54) is 16.7 Å². The fraction of sp³-hybridized carbons (Fsp3) is 0.182. The van der Waals surface area contributed by atoms with Gasteiger partial charge < -0.3 is 14.0 Å². The standard InChI is InChI=1S/C33H32N2O2/c1-3-10-25-17-20-31(32(23-25)36-2)37-22-9-21-35-30-14-8-7-13-29(30)34-33(35)24-26-15-18-28(19-16-26)27-11-5-4-6-12-27/h3-8,11-20,23H,1,9-10,21-22,24H2,2H3. The van der Waals surface area contributed by atoms with E-state index in [1.807, 2.05) is 30.3 Å². The number of nitrogens with zero attached hydrogens (tertiary/aromatic N) is 2. The number of aromatic nitrogens is 2. The molecule has 0 N–H and O–H groups in total. The molecule has 0 unspecified atom stereocenters. The van der Waals surface area contributed by atoms with Gasteiger partial charge >= 0.3 is 0 Å². The molecule has 0 spiro atoms.